The highest BCUT2D eigenvalue weighted by molar-refractivity contribution is 5.86. The maximum Gasteiger partial charge on any atom is 0.139 e. The molecule has 2 aromatic carbocycles. The molecule has 1 heterocycles. The highest BCUT2D eigenvalue weighted by atomic mass is 16.5. The number of ether oxygens (including phenoxy) is 1. The first-order chi connectivity index (χ1) is 7.43. The molecule has 0 saturated heterocycles. The second-order valence-corrected chi connectivity index (χ2v) is 3.52. The van der Waals surface area contributed by atoms with Crippen molar-refractivity contribution in [3.05, 3.63) is 65.7 Å². The highest BCUT2D eigenvalue weighted by Gasteiger charge is 2.20. The molecule has 1 nitrogen and oxygen atoms in total. The van der Waals surface area contributed by atoms with E-state index >= 15 is 0 Å². The molecule has 1 aliphatic heterocycles. The molecule has 0 amide bonds. The van der Waals surface area contributed by atoms with Crippen LogP contribution in [0.2, 0.25) is 0 Å². The van der Waals surface area contributed by atoms with Gasteiger partial charge in [0, 0.05) is 0 Å². The number of hydrogen-bond acceptors (Lipinski definition) is 1. The van der Waals surface area contributed by atoms with Gasteiger partial charge in [-0.1, -0.05) is 42.5 Å². The van der Waals surface area contributed by atoms with Gasteiger partial charge in [0.25, 0.3) is 0 Å². The average molecular weight is 194 g/mol. The van der Waals surface area contributed by atoms with Crippen LogP contribution >= 0.6 is 0 Å². The lowest BCUT2D eigenvalue weighted by Crippen LogP contribution is -2.07. The maximum atomic E-state index is 5.55. The van der Waals surface area contributed by atoms with Crippen LogP contribution in [0.4, 0.5) is 0 Å². The molecule has 2 aromatic rings. The molecule has 0 aromatic heterocycles. The molecule has 0 bridgehead atoms. The van der Waals surface area contributed by atoms with Gasteiger partial charge in [0.05, 0.1) is 5.56 Å². The number of rotatable bonds is 1. The van der Waals surface area contributed by atoms with Gasteiger partial charge in [0.2, 0.25) is 0 Å². The summed E-state index contributed by atoms with van der Waals surface area (Å²) in [4.78, 5) is 0. The third-order valence-electron chi connectivity index (χ3n) is 2.47. The van der Waals surface area contributed by atoms with Crippen LogP contribution in [0, 0.1) is 0 Å². The van der Waals surface area contributed by atoms with Gasteiger partial charge in [-0.2, -0.15) is 0 Å². The zero-order chi connectivity index (χ0) is 10.1. The van der Waals surface area contributed by atoms with Crippen molar-refractivity contribution in [3.8, 4) is 5.75 Å². The van der Waals surface area contributed by atoms with Crippen LogP contribution in [-0.4, -0.2) is 0 Å². The van der Waals surface area contributed by atoms with E-state index in [1.807, 2.05) is 36.4 Å². The van der Waals surface area contributed by atoms with E-state index in [0.29, 0.717) is 0 Å². The quantitative estimate of drug-likeness (QED) is 0.674. The predicted octanol–water partition coefficient (Wildman–Crippen LogP) is 3.58. The van der Waals surface area contributed by atoms with Crippen molar-refractivity contribution in [2.24, 2.45) is 0 Å². The van der Waals surface area contributed by atoms with Crippen molar-refractivity contribution in [2.45, 2.75) is 0 Å². The Morgan fingerprint density at radius 2 is 1.53 bits per heavy atom. The number of para-hydroxylation sites is 1. The molecule has 0 N–H and O–H groups in total. The third kappa shape index (κ3) is 1.42. The van der Waals surface area contributed by atoms with Gasteiger partial charge in [0.15, 0.2) is 0 Å². The minimum Gasteiger partial charge on any atom is -0.456 e. The average Bonchev–Trinajstić information content (AvgIpc) is 2.27. The standard InChI is InChI=1S/C14H10O/c1-2-6-11(7-3-1)10-14-12-8-4-5-9-13(12)15-14/h1-10H. The summed E-state index contributed by atoms with van der Waals surface area (Å²) < 4.78 is 5.55. The zero-order valence-electron chi connectivity index (χ0n) is 8.18. The summed E-state index contributed by atoms with van der Waals surface area (Å²) >= 11 is 0. The van der Waals surface area contributed by atoms with E-state index < -0.39 is 0 Å². The maximum absolute atomic E-state index is 5.55. The Morgan fingerprint density at radius 1 is 0.800 bits per heavy atom. The molecule has 0 radical (unpaired) electrons. The van der Waals surface area contributed by atoms with E-state index in [4.69, 9.17) is 4.74 Å². The van der Waals surface area contributed by atoms with E-state index in [-0.39, 0.29) is 0 Å². The minimum atomic E-state index is 0.955. The van der Waals surface area contributed by atoms with Crippen molar-refractivity contribution in [3.63, 3.8) is 0 Å². The molecule has 0 fully saturated rings. The molecule has 0 unspecified atom stereocenters. The van der Waals surface area contributed by atoms with Crippen molar-refractivity contribution in [1.82, 2.24) is 0 Å². The van der Waals surface area contributed by atoms with Crippen molar-refractivity contribution in [2.75, 3.05) is 0 Å². The first kappa shape index (κ1) is 8.30. The lowest BCUT2D eigenvalue weighted by atomic mass is 10.1. The fourth-order valence-corrected chi connectivity index (χ4v) is 1.69. The molecule has 15 heavy (non-hydrogen) atoms. The smallest absolute Gasteiger partial charge is 0.139 e. The van der Waals surface area contributed by atoms with Crippen LogP contribution in [0.15, 0.2) is 54.6 Å². The van der Waals surface area contributed by atoms with Crippen molar-refractivity contribution in [1.29, 1.82) is 0 Å². The Balaban J connectivity index is 1.97. The van der Waals surface area contributed by atoms with E-state index in [1.165, 1.54) is 11.1 Å². The largest absolute Gasteiger partial charge is 0.456 e. The number of fused-ring (bicyclic) bond motifs is 1. The molecular weight excluding hydrogens is 184 g/mol. The SMILES string of the molecule is C(=C1Oc2ccccc21)c1ccccc1. The summed E-state index contributed by atoms with van der Waals surface area (Å²) in [6.07, 6.45) is 2.06. The topological polar surface area (TPSA) is 9.23 Å². The molecular formula is C14H10O. The normalized spacial score (nSPS) is 15.3. The van der Waals surface area contributed by atoms with Crippen LogP contribution < -0.4 is 4.74 Å². The second kappa shape index (κ2) is 3.28. The van der Waals surface area contributed by atoms with Gasteiger partial charge in [-0.15, -0.1) is 0 Å². The lowest BCUT2D eigenvalue weighted by molar-refractivity contribution is 0.469. The molecule has 1 aliphatic rings. The Labute approximate surface area is 88.6 Å². The van der Waals surface area contributed by atoms with E-state index in [9.17, 15) is 0 Å². The molecule has 72 valence electrons. The van der Waals surface area contributed by atoms with Gasteiger partial charge in [-0.3, -0.25) is 0 Å². The van der Waals surface area contributed by atoms with Crippen LogP contribution in [0.5, 0.6) is 5.75 Å². The molecule has 0 atom stereocenters. The molecule has 0 saturated carbocycles. The minimum absolute atomic E-state index is 0.955. The summed E-state index contributed by atoms with van der Waals surface area (Å²) in [5.74, 6) is 1.93. The first-order valence-corrected chi connectivity index (χ1v) is 4.97. The van der Waals surface area contributed by atoms with Crippen LogP contribution in [0.3, 0.4) is 0 Å². The summed E-state index contributed by atoms with van der Waals surface area (Å²) in [6.45, 7) is 0. The van der Waals surface area contributed by atoms with Gasteiger partial charge >= 0.3 is 0 Å². The highest BCUT2D eigenvalue weighted by Crippen LogP contribution is 2.38. The Morgan fingerprint density at radius 3 is 2.33 bits per heavy atom. The molecule has 0 aliphatic carbocycles. The van der Waals surface area contributed by atoms with Crippen LogP contribution in [0.1, 0.15) is 11.1 Å². The predicted molar refractivity (Wildman–Crippen MR) is 61.4 cm³/mol. The zero-order valence-corrected chi connectivity index (χ0v) is 8.18. The van der Waals surface area contributed by atoms with E-state index in [2.05, 4.69) is 24.3 Å². The number of hydrogen-bond donors (Lipinski definition) is 0. The first-order valence-electron chi connectivity index (χ1n) is 4.97. The Bertz CT molecular complexity index is 512. The summed E-state index contributed by atoms with van der Waals surface area (Å²) in [6, 6.07) is 18.3. The fraction of sp³-hybridized carbons (Fsp3) is 0. The monoisotopic (exact) mass is 194 g/mol. The van der Waals surface area contributed by atoms with Crippen molar-refractivity contribution >= 4 is 11.8 Å². The van der Waals surface area contributed by atoms with E-state index in [1.54, 1.807) is 0 Å². The summed E-state index contributed by atoms with van der Waals surface area (Å²) in [5.41, 5.74) is 2.36. The molecule has 0 spiro atoms. The van der Waals surface area contributed by atoms with E-state index in [0.717, 1.165) is 11.5 Å². The Kier molecular flexibility index (Phi) is 1.82. The van der Waals surface area contributed by atoms with Gasteiger partial charge < -0.3 is 4.74 Å². The Hall–Kier alpha value is -2.02. The van der Waals surface area contributed by atoms with Crippen molar-refractivity contribution < 1.29 is 4.74 Å². The lowest BCUT2D eigenvalue weighted by Gasteiger charge is -2.22. The van der Waals surface area contributed by atoms with Crippen LogP contribution in [0.25, 0.3) is 11.8 Å². The second-order valence-electron chi connectivity index (χ2n) is 3.52. The van der Waals surface area contributed by atoms with Gasteiger partial charge in [0.1, 0.15) is 11.5 Å². The summed E-state index contributed by atoms with van der Waals surface area (Å²) in [5, 5.41) is 0. The van der Waals surface area contributed by atoms with Gasteiger partial charge in [-0.05, 0) is 23.8 Å². The number of benzene rings is 2. The fourth-order valence-electron chi connectivity index (χ4n) is 1.69. The molecule has 3 rings (SSSR count). The summed E-state index contributed by atoms with van der Waals surface area (Å²) in [7, 11) is 0. The third-order valence-corrected chi connectivity index (χ3v) is 2.47. The molecule has 1 heteroatoms. The van der Waals surface area contributed by atoms with Gasteiger partial charge in [-0.25, -0.2) is 0 Å². The van der Waals surface area contributed by atoms with Crippen LogP contribution in [-0.2, 0) is 0 Å².